The van der Waals surface area contributed by atoms with Crippen molar-refractivity contribution in [3.8, 4) is 5.75 Å². The van der Waals surface area contributed by atoms with Crippen molar-refractivity contribution in [1.29, 1.82) is 0 Å². The number of rotatable bonds is 8. The Balaban J connectivity index is 1.57. The summed E-state index contributed by atoms with van der Waals surface area (Å²) in [6.07, 6.45) is 0. The summed E-state index contributed by atoms with van der Waals surface area (Å²) < 4.78 is 46.8. The van der Waals surface area contributed by atoms with Gasteiger partial charge in [-0.1, -0.05) is 30.3 Å². The Morgan fingerprint density at radius 2 is 1.74 bits per heavy atom. The quantitative estimate of drug-likeness (QED) is 0.573. The molecule has 0 bridgehead atoms. The zero-order valence-electron chi connectivity index (χ0n) is 17.2. The smallest absolute Gasteiger partial charge is 0.261 e. The molecule has 0 atom stereocenters. The minimum atomic E-state index is -3.75. The number of likely N-dealkylation sites (N-methyl/N-ethyl adjacent to an activating group) is 1. The van der Waals surface area contributed by atoms with Gasteiger partial charge in [0.2, 0.25) is 0 Å². The molecular formula is C23H23FN2O4S. The first-order valence-corrected chi connectivity index (χ1v) is 11.0. The predicted molar refractivity (Wildman–Crippen MR) is 117 cm³/mol. The molecule has 0 aromatic heterocycles. The summed E-state index contributed by atoms with van der Waals surface area (Å²) in [5.74, 6) is -0.359. The van der Waals surface area contributed by atoms with Gasteiger partial charge in [0.05, 0.1) is 4.90 Å². The van der Waals surface area contributed by atoms with Crippen LogP contribution in [0.2, 0.25) is 0 Å². The highest BCUT2D eigenvalue weighted by Crippen LogP contribution is 2.20. The first-order valence-electron chi connectivity index (χ1n) is 9.54. The van der Waals surface area contributed by atoms with Crippen LogP contribution in [-0.2, 0) is 21.4 Å². The average Bonchev–Trinajstić information content (AvgIpc) is 2.73. The number of aryl methyl sites for hydroxylation is 1. The number of halogens is 1. The third-order valence-electron chi connectivity index (χ3n) is 4.56. The molecule has 0 heterocycles. The van der Waals surface area contributed by atoms with Crippen molar-refractivity contribution >= 4 is 21.6 Å². The number of ether oxygens (including phenoxy) is 1. The van der Waals surface area contributed by atoms with Crippen molar-refractivity contribution in [2.75, 3.05) is 18.4 Å². The molecule has 3 aromatic carbocycles. The van der Waals surface area contributed by atoms with Crippen LogP contribution in [0.4, 0.5) is 10.1 Å². The Kier molecular flexibility index (Phi) is 6.91. The van der Waals surface area contributed by atoms with E-state index in [2.05, 4.69) is 4.72 Å². The number of hydrogen-bond acceptors (Lipinski definition) is 4. The molecule has 162 valence electrons. The van der Waals surface area contributed by atoms with E-state index < -0.39 is 10.0 Å². The predicted octanol–water partition coefficient (Wildman–Crippen LogP) is 3.97. The Morgan fingerprint density at radius 1 is 1.03 bits per heavy atom. The maximum atomic E-state index is 13.7. The number of amides is 1. The van der Waals surface area contributed by atoms with Crippen LogP contribution in [0, 0.1) is 12.7 Å². The van der Waals surface area contributed by atoms with Crippen LogP contribution in [-0.4, -0.2) is 32.9 Å². The van der Waals surface area contributed by atoms with Gasteiger partial charge in [-0.05, 0) is 55.0 Å². The second kappa shape index (κ2) is 9.61. The highest BCUT2D eigenvalue weighted by Gasteiger charge is 2.15. The second-order valence-electron chi connectivity index (χ2n) is 7.08. The SMILES string of the molecule is Cc1cccc(NS(=O)(=O)c2ccc(OCC(=O)N(C)Cc3ccccc3F)cc2)c1. The molecule has 0 aliphatic heterocycles. The fraction of sp³-hybridized carbons (Fsp3) is 0.174. The summed E-state index contributed by atoms with van der Waals surface area (Å²) >= 11 is 0. The lowest BCUT2D eigenvalue weighted by atomic mass is 10.2. The molecule has 1 N–H and O–H groups in total. The summed E-state index contributed by atoms with van der Waals surface area (Å²) in [5, 5.41) is 0. The van der Waals surface area contributed by atoms with E-state index in [1.54, 1.807) is 43.4 Å². The van der Waals surface area contributed by atoms with Gasteiger partial charge in [0, 0.05) is 24.8 Å². The van der Waals surface area contributed by atoms with E-state index in [1.165, 1.54) is 35.2 Å². The van der Waals surface area contributed by atoms with E-state index in [0.29, 0.717) is 17.0 Å². The minimum Gasteiger partial charge on any atom is -0.484 e. The van der Waals surface area contributed by atoms with Crippen LogP contribution in [0.3, 0.4) is 0 Å². The zero-order valence-corrected chi connectivity index (χ0v) is 18.0. The zero-order chi connectivity index (χ0) is 22.4. The molecule has 0 aliphatic carbocycles. The van der Waals surface area contributed by atoms with E-state index in [0.717, 1.165) is 5.56 Å². The molecule has 1 amide bonds. The molecule has 31 heavy (non-hydrogen) atoms. The number of anilines is 1. The van der Waals surface area contributed by atoms with Crippen LogP contribution in [0.25, 0.3) is 0 Å². The summed E-state index contributed by atoms with van der Waals surface area (Å²) in [6, 6.07) is 19.1. The summed E-state index contributed by atoms with van der Waals surface area (Å²) in [7, 11) is -2.19. The maximum Gasteiger partial charge on any atom is 0.261 e. The number of carbonyl (C=O) groups is 1. The Morgan fingerprint density at radius 3 is 2.42 bits per heavy atom. The molecule has 0 spiro atoms. The van der Waals surface area contributed by atoms with Crippen molar-refractivity contribution < 1.29 is 22.3 Å². The Bertz CT molecular complexity index is 1160. The molecule has 6 nitrogen and oxygen atoms in total. The van der Waals surface area contributed by atoms with E-state index in [-0.39, 0.29) is 29.8 Å². The van der Waals surface area contributed by atoms with Gasteiger partial charge in [-0.25, -0.2) is 12.8 Å². The molecule has 0 aliphatic rings. The lowest BCUT2D eigenvalue weighted by molar-refractivity contribution is -0.132. The second-order valence-corrected chi connectivity index (χ2v) is 8.76. The average molecular weight is 443 g/mol. The fourth-order valence-electron chi connectivity index (χ4n) is 2.86. The number of sulfonamides is 1. The van der Waals surface area contributed by atoms with E-state index in [1.807, 2.05) is 13.0 Å². The number of benzene rings is 3. The van der Waals surface area contributed by atoms with Crippen LogP contribution < -0.4 is 9.46 Å². The van der Waals surface area contributed by atoms with Gasteiger partial charge in [-0.2, -0.15) is 0 Å². The summed E-state index contributed by atoms with van der Waals surface area (Å²) in [4.78, 5) is 13.7. The monoisotopic (exact) mass is 442 g/mol. The lowest BCUT2D eigenvalue weighted by Gasteiger charge is -2.18. The molecule has 3 aromatic rings. The fourth-order valence-corrected chi connectivity index (χ4v) is 3.91. The molecule has 0 saturated carbocycles. The largest absolute Gasteiger partial charge is 0.484 e. The maximum absolute atomic E-state index is 13.7. The highest BCUT2D eigenvalue weighted by atomic mass is 32.2. The summed E-state index contributed by atoms with van der Waals surface area (Å²) in [6.45, 7) is 1.74. The molecule has 0 fully saturated rings. The van der Waals surface area contributed by atoms with Gasteiger partial charge < -0.3 is 9.64 Å². The third kappa shape index (κ3) is 6.05. The van der Waals surface area contributed by atoms with Crippen molar-refractivity contribution in [2.24, 2.45) is 0 Å². The van der Waals surface area contributed by atoms with Crippen LogP contribution in [0.15, 0.2) is 77.7 Å². The molecule has 0 radical (unpaired) electrons. The Hall–Kier alpha value is -3.39. The number of nitrogens with zero attached hydrogens (tertiary/aromatic N) is 1. The van der Waals surface area contributed by atoms with E-state index in [4.69, 9.17) is 4.74 Å². The van der Waals surface area contributed by atoms with Gasteiger partial charge in [0.15, 0.2) is 6.61 Å². The van der Waals surface area contributed by atoms with Gasteiger partial charge in [-0.15, -0.1) is 0 Å². The van der Waals surface area contributed by atoms with Gasteiger partial charge in [0.25, 0.3) is 15.9 Å². The molecule has 3 rings (SSSR count). The van der Waals surface area contributed by atoms with Crippen LogP contribution >= 0.6 is 0 Å². The van der Waals surface area contributed by atoms with Gasteiger partial charge >= 0.3 is 0 Å². The van der Waals surface area contributed by atoms with Gasteiger partial charge in [-0.3, -0.25) is 9.52 Å². The number of nitrogens with one attached hydrogen (secondary N) is 1. The molecular weight excluding hydrogens is 419 g/mol. The minimum absolute atomic E-state index is 0.0735. The highest BCUT2D eigenvalue weighted by molar-refractivity contribution is 7.92. The molecule has 0 unspecified atom stereocenters. The lowest BCUT2D eigenvalue weighted by Crippen LogP contribution is -2.31. The van der Waals surface area contributed by atoms with Crippen molar-refractivity contribution in [2.45, 2.75) is 18.4 Å². The molecule has 8 heteroatoms. The van der Waals surface area contributed by atoms with Crippen molar-refractivity contribution in [3.05, 3.63) is 89.7 Å². The Labute approximate surface area is 181 Å². The van der Waals surface area contributed by atoms with E-state index in [9.17, 15) is 17.6 Å². The number of carbonyl (C=O) groups excluding carboxylic acids is 1. The third-order valence-corrected chi connectivity index (χ3v) is 5.95. The van der Waals surface area contributed by atoms with Crippen molar-refractivity contribution in [3.63, 3.8) is 0 Å². The topological polar surface area (TPSA) is 75.7 Å². The van der Waals surface area contributed by atoms with Gasteiger partial charge in [0.1, 0.15) is 11.6 Å². The van der Waals surface area contributed by atoms with E-state index >= 15 is 0 Å². The molecule has 0 saturated heterocycles. The standard InChI is InChI=1S/C23H23FN2O4S/c1-17-6-5-8-19(14-17)25-31(28,29)21-12-10-20(11-13-21)30-16-23(27)26(2)15-18-7-3-4-9-22(18)24/h3-14,25H,15-16H2,1-2H3. The van der Waals surface area contributed by atoms with Crippen LogP contribution in [0.1, 0.15) is 11.1 Å². The summed E-state index contributed by atoms with van der Waals surface area (Å²) in [5.41, 5.74) is 1.83. The first kappa shape index (κ1) is 22.3. The normalized spacial score (nSPS) is 11.1. The first-order chi connectivity index (χ1) is 14.7. The van der Waals surface area contributed by atoms with Crippen LogP contribution in [0.5, 0.6) is 5.75 Å². The van der Waals surface area contributed by atoms with Crippen molar-refractivity contribution in [1.82, 2.24) is 4.90 Å². The number of hydrogen-bond donors (Lipinski definition) is 1.